The van der Waals surface area contributed by atoms with Crippen LogP contribution in [0.15, 0.2) is 0 Å². The van der Waals surface area contributed by atoms with Gasteiger partial charge in [-0.2, -0.15) is 0 Å². The first-order chi connectivity index (χ1) is 7.99. The number of ether oxygens (including phenoxy) is 1. The van der Waals surface area contributed by atoms with Gasteiger partial charge in [0.25, 0.3) is 0 Å². The van der Waals surface area contributed by atoms with Gasteiger partial charge < -0.3 is 14.7 Å². The molecule has 1 saturated heterocycles. The van der Waals surface area contributed by atoms with Crippen LogP contribution in [0.25, 0.3) is 0 Å². The van der Waals surface area contributed by atoms with Crippen molar-refractivity contribution >= 4 is 11.9 Å². The number of hydrogen-bond donors (Lipinski definition) is 1. The lowest BCUT2D eigenvalue weighted by atomic mass is 9.73. The highest BCUT2D eigenvalue weighted by Gasteiger charge is 2.44. The summed E-state index contributed by atoms with van der Waals surface area (Å²) in [5, 5.41) is 8.96. The molecule has 4 unspecified atom stereocenters. The fourth-order valence-electron chi connectivity index (χ4n) is 2.68. The summed E-state index contributed by atoms with van der Waals surface area (Å²) in [5.41, 5.74) is 0. The summed E-state index contributed by atoms with van der Waals surface area (Å²) in [7, 11) is 0. The number of hydrogen-bond acceptors (Lipinski definition) is 3. The minimum Gasteiger partial charge on any atom is -0.481 e. The third-order valence-electron chi connectivity index (χ3n) is 3.64. The lowest BCUT2D eigenvalue weighted by Crippen LogP contribution is -2.53. The van der Waals surface area contributed by atoms with Crippen molar-refractivity contribution < 1.29 is 19.4 Å². The van der Waals surface area contributed by atoms with Gasteiger partial charge in [-0.3, -0.25) is 9.59 Å². The fourth-order valence-corrected chi connectivity index (χ4v) is 2.68. The van der Waals surface area contributed by atoms with Crippen molar-refractivity contribution in [2.24, 2.45) is 11.8 Å². The Morgan fingerprint density at radius 2 is 1.65 bits per heavy atom. The van der Waals surface area contributed by atoms with Crippen LogP contribution >= 0.6 is 0 Å². The number of carboxylic acid groups (broad SMARTS) is 1. The first kappa shape index (κ1) is 12.4. The van der Waals surface area contributed by atoms with Crippen LogP contribution in [-0.4, -0.2) is 47.2 Å². The van der Waals surface area contributed by atoms with Crippen molar-refractivity contribution in [3.05, 3.63) is 0 Å². The summed E-state index contributed by atoms with van der Waals surface area (Å²) < 4.78 is 5.56. The number of carboxylic acids is 1. The molecule has 2 aliphatic rings. The fraction of sp³-hybridized carbons (Fsp3) is 0.833. The maximum absolute atomic E-state index is 12.2. The summed E-state index contributed by atoms with van der Waals surface area (Å²) in [6.45, 7) is 5.02. The van der Waals surface area contributed by atoms with E-state index in [9.17, 15) is 9.59 Å². The number of carbonyl (C=O) groups is 2. The molecular formula is C12H19NO4. The highest BCUT2D eigenvalue weighted by Crippen LogP contribution is 2.36. The van der Waals surface area contributed by atoms with Crippen molar-refractivity contribution in [1.82, 2.24) is 4.90 Å². The van der Waals surface area contributed by atoms with Gasteiger partial charge in [0.2, 0.25) is 5.91 Å². The van der Waals surface area contributed by atoms with Crippen LogP contribution in [-0.2, 0) is 14.3 Å². The summed E-state index contributed by atoms with van der Waals surface area (Å²) in [4.78, 5) is 24.9. The molecule has 0 aromatic rings. The van der Waals surface area contributed by atoms with Gasteiger partial charge in [0.05, 0.1) is 24.0 Å². The minimum atomic E-state index is -0.844. The molecule has 1 saturated carbocycles. The molecule has 2 fully saturated rings. The molecule has 0 radical (unpaired) electrons. The second kappa shape index (κ2) is 4.64. The normalized spacial score (nSPS) is 37.4. The number of morpholine rings is 1. The summed E-state index contributed by atoms with van der Waals surface area (Å²) in [6, 6.07) is 0. The van der Waals surface area contributed by atoms with Crippen molar-refractivity contribution in [3.8, 4) is 0 Å². The lowest BCUT2D eigenvalue weighted by molar-refractivity contribution is -0.162. The van der Waals surface area contributed by atoms with Gasteiger partial charge in [0, 0.05) is 13.1 Å². The van der Waals surface area contributed by atoms with Crippen LogP contribution in [0.3, 0.4) is 0 Å². The van der Waals surface area contributed by atoms with Crippen molar-refractivity contribution in [2.75, 3.05) is 13.1 Å². The van der Waals surface area contributed by atoms with Gasteiger partial charge >= 0.3 is 5.97 Å². The monoisotopic (exact) mass is 241 g/mol. The summed E-state index contributed by atoms with van der Waals surface area (Å²) in [5.74, 6) is -1.64. The van der Waals surface area contributed by atoms with E-state index in [0.29, 0.717) is 25.9 Å². The SMILES string of the molecule is CC1CN(C(=O)C2CCC2C(=O)O)CC(C)O1. The van der Waals surface area contributed by atoms with E-state index in [0.717, 1.165) is 0 Å². The minimum absolute atomic E-state index is 0.00866. The summed E-state index contributed by atoms with van der Waals surface area (Å²) in [6.07, 6.45) is 1.40. The molecule has 1 amide bonds. The maximum Gasteiger partial charge on any atom is 0.307 e. The number of amides is 1. The third-order valence-corrected chi connectivity index (χ3v) is 3.64. The Morgan fingerprint density at radius 3 is 2.06 bits per heavy atom. The van der Waals surface area contributed by atoms with Crippen LogP contribution < -0.4 is 0 Å². The number of carbonyl (C=O) groups excluding carboxylic acids is 1. The molecule has 1 heterocycles. The van der Waals surface area contributed by atoms with E-state index in [-0.39, 0.29) is 24.0 Å². The molecule has 0 spiro atoms. The zero-order chi connectivity index (χ0) is 12.6. The van der Waals surface area contributed by atoms with E-state index >= 15 is 0 Å². The van der Waals surface area contributed by atoms with Crippen LogP contribution in [0.1, 0.15) is 26.7 Å². The van der Waals surface area contributed by atoms with Crippen molar-refractivity contribution in [2.45, 2.75) is 38.9 Å². The maximum atomic E-state index is 12.2. The van der Waals surface area contributed by atoms with E-state index in [4.69, 9.17) is 9.84 Å². The molecule has 0 bridgehead atoms. The van der Waals surface area contributed by atoms with Crippen LogP contribution in [0.2, 0.25) is 0 Å². The van der Waals surface area contributed by atoms with Crippen LogP contribution in [0, 0.1) is 11.8 Å². The van der Waals surface area contributed by atoms with E-state index in [1.807, 2.05) is 13.8 Å². The van der Waals surface area contributed by atoms with Gasteiger partial charge in [-0.15, -0.1) is 0 Å². The van der Waals surface area contributed by atoms with Crippen molar-refractivity contribution in [3.63, 3.8) is 0 Å². The predicted molar refractivity (Wildman–Crippen MR) is 60.4 cm³/mol. The van der Waals surface area contributed by atoms with E-state index in [1.165, 1.54) is 0 Å². The highest BCUT2D eigenvalue weighted by molar-refractivity contribution is 5.86. The Bertz CT molecular complexity index is 320. The Hall–Kier alpha value is -1.10. The molecule has 17 heavy (non-hydrogen) atoms. The van der Waals surface area contributed by atoms with Gasteiger partial charge in [0.1, 0.15) is 0 Å². The molecule has 5 nitrogen and oxygen atoms in total. The number of aliphatic carboxylic acids is 1. The standard InChI is InChI=1S/C12H19NO4/c1-7-5-13(6-8(2)17-7)11(14)9-3-4-10(9)12(15)16/h7-10H,3-6H2,1-2H3,(H,15,16). The second-order valence-electron chi connectivity index (χ2n) is 5.13. The van der Waals surface area contributed by atoms with E-state index in [1.54, 1.807) is 4.90 Å². The van der Waals surface area contributed by atoms with Crippen LogP contribution in [0.5, 0.6) is 0 Å². The van der Waals surface area contributed by atoms with E-state index < -0.39 is 11.9 Å². The third kappa shape index (κ3) is 2.44. The lowest BCUT2D eigenvalue weighted by Gasteiger charge is -2.41. The Kier molecular flexibility index (Phi) is 3.38. The molecule has 5 heteroatoms. The first-order valence-corrected chi connectivity index (χ1v) is 6.16. The quantitative estimate of drug-likeness (QED) is 0.774. The molecule has 96 valence electrons. The smallest absolute Gasteiger partial charge is 0.307 e. The summed E-state index contributed by atoms with van der Waals surface area (Å²) >= 11 is 0. The predicted octanol–water partition coefficient (Wildman–Crippen LogP) is 0.733. The first-order valence-electron chi connectivity index (χ1n) is 6.16. The zero-order valence-electron chi connectivity index (χ0n) is 10.3. The highest BCUT2D eigenvalue weighted by atomic mass is 16.5. The Labute approximate surface area is 101 Å². The molecular weight excluding hydrogens is 222 g/mol. The van der Waals surface area contributed by atoms with Gasteiger partial charge in [-0.05, 0) is 26.7 Å². The molecule has 1 aliphatic carbocycles. The topological polar surface area (TPSA) is 66.8 Å². The number of nitrogens with zero attached hydrogens (tertiary/aromatic N) is 1. The van der Waals surface area contributed by atoms with Gasteiger partial charge in [0.15, 0.2) is 0 Å². The van der Waals surface area contributed by atoms with Gasteiger partial charge in [-0.1, -0.05) is 0 Å². The zero-order valence-corrected chi connectivity index (χ0v) is 10.3. The molecule has 0 aromatic carbocycles. The molecule has 0 aromatic heterocycles. The van der Waals surface area contributed by atoms with Crippen molar-refractivity contribution in [1.29, 1.82) is 0 Å². The average Bonchev–Trinajstić information content (AvgIpc) is 2.12. The molecule has 1 N–H and O–H groups in total. The Balaban J connectivity index is 1.98. The van der Waals surface area contributed by atoms with Gasteiger partial charge in [-0.25, -0.2) is 0 Å². The largest absolute Gasteiger partial charge is 0.481 e. The number of rotatable bonds is 2. The molecule has 2 rings (SSSR count). The Morgan fingerprint density at radius 1 is 1.12 bits per heavy atom. The average molecular weight is 241 g/mol. The van der Waals surface area contributed by atoms with Crippen LogP contribution in [0.4, 0.5) is 0 Å². The second-order valence-corrected chi connectivity index (χ2v) is 5.13. The van der Waals surface area contributed by atoms with E-state index in [2.05, 4.69) is 0 Å². The molecule has 4 atom stereocenters. The molecule has 1 aliphatic heterocycles.